The number of nitrogens with one attached hydrogen (secondary N) is 1. The largest absolute Gasteiger partial charge is 0.477 e. The lowest BCUT2D eigenvalue weighted by molar-refractivity contribution is -0.385. The van der Waals surface area contributed by atoms with Crippen molar-refractivity contribution in [3.05, 3.63) is 61.6 Å². The van der Waals surface area contributed by atoms with Crippen LogP contribution in [0, 0.1) is 10.1 Å². The zero-order chi connectivity index (χ0) is 19.3. The zero-order valence-corrected chi connectivity index (χ0v) is 15.7. The second-order valence-electron chi connectivity index (χ2n) is 4.89. The molecule has 0 saturated carbocycles. The van der Waals surface area contributed by atoms with Crippen LogP contribution in [0.5, 0.6) is 5.75 Å². The number of carbonyl (C=O) groups is 2. The van der Waals surface area contributed by atoms with E-state index in [9.17, 15) is 19.7 Å². The summed E-state index contributed by atoms with van der Waals surface area (Å²) in [6, 6.07) is 8.44. The van der Waals surface area contributed by atoms with E-state index in [4.69, 9.17) is 16.3 Å². The minimum Gasteiger partial charge on any atom is -0.477 e. The van der Waals surface area contributed by atoms with E-state index in [1.54, 1.807) is 18.2 Å². The molecule has 0 atom stereocenters. The maximum atomic E-state index is 12.0. The highest BCUT2D eigenvalue weighted by molar-refractivity contribution is 9.10. The molecule has 0 aromatic heterocycles. The quantitative estimate of drug-likeness (QED) is 0.413. The number of ether oxygens (including phenoxy) is 2. The topological polar surface area (TPSA) is 108 Å². The first kappa shape index (κ1) is 19.7. The maximum Gasteiger partial charge on any atom is 0.338 e. The highest BCUT2D eigenvalue weighted by Crippen LogP contribution is 2.29. The van der Waals surface area contributed by atoms with Crippen LogP contribution in [-0.4, -0.2) is 30.5 Å². The van der Waals surface area contributed by atoms with E-state index in [0.29, 0.717) is 10.7 Å². The summed E-state index contributed by atoms with van der Waals surface area (Å²) < 4.78 is 10.5. The molecule has 10 heteroatoms. The second kappa shape index (κ2) is 8.63. The molecule has 136 valence electrons. The van der Waals surface area contributed by atoms with E-state index >= 15 is 0 Å². The number of nitro groups is 1. The Morgan fingerprint density at radius 1 is 1.27 bits per heavy atom. The molecule has 26 heavy (non-hydrogen) atoms. The fourth-order valence-corrected chi connectivity index (χ4v) is 2.67. The van der Waals surface area contributed by atoms with Gasteiger partial charge in [-0.2, -0.15) is 0 Å². The van der Waals surface area contributed by atoms with E-state index in [0.717, 1.165) is 17.6 Å². The van der Waals surface area contributed by atoms with Crippen LogP contribution >= 0.6 is 27.5 Å². The van der Waals surface area contributed by atoms with Crippen molar-refractivity contribution in [3.8, 4) is 5.75 Å². The summed E-state index contributed by atoms with van der Waals surface area (Å²) in [5, 5.41) is 14.0. The summed E-state index contributed by atoms with van der Waals surface area (Å²) in [6.45, 7) is -0.481. The van der Waals surface area contributed by atoms with Crippen molar-refractivity contribution in [2.24, 2.45) is 0 Å². The molecule has 0 fully saturated rings. The summed E-state index contributed by atoms with van der Waals surface area (Å²) in [4.78, 5) is 33.9. The number of carbonyl (C=O) groups excluding carboxylic acids is 2. The number of esters is 1. The molecule has 0 aliphatic heterocycles. The number of amides is 1. The Balaban J connectivity index is 2.09. The van der Waals surface area contributed by atoms with Gasteiger partial charge in [0.15, 0.2) is 12.4 Å². The first-order chi connectivity index (χ1) is 12.3. The summed E-state index contributed by atoms with van der Waals surface area (Å²) in [6.07, 6.45) is 0. The van der Waals surface area contributed by atoms with Gasteiger partial charge in [0.25, 0.3) is 5.91 Å². The van der Waals surface area contributed by atoms with Gasteiger partial charge in [-0.15, -0.1) is 0 Å². The number of benzene rings is 2. The van der Waals surface area contributed by atoms with Gasteiger partial charge in [-0.1, -0.05) is 27.5 Å². The average Bonchev–Trinajstić information content (AvgIpc) is 2.61. The summed E-state index contributed by atoms with van der Waals surface area (Å²) in [5.74, 6) is -1.43. The van der Waals surface area contributed by atoms with Crippen LogP contribution in [-0.2, 0) is 9.53 Å². The molecule has 1 amide bonds. The Morgan fingerprint density at radius 3 is 2.62 bits per heavy atom. The number of methoxy groups -OCH3 is 1. The third-order valence-corrected chi connectivity index (χ3v) is 3.95. The van der Waals surface area contributed by atoms with Crippen LogP contribution in [0.3, 0.4) is 0 Å². The van der Waals surface area contributed by atoms with Gasteiger partial charge in [-0.05, 0) is 30.3 Å². The predicted molar refractivity (Wildman–Crippen MR) is 97.7 cm³/mol. The normalized spacial score (nSPS) is 10.1. The Morgan fingerprint density at radius 2 is 2.00 bits per heavy atom. The Kier molecular flexibility index (Phi) is 6.53. The van der Waals surface area contributed by atoms with Crippen LogP contribution in [0.25, 0.3) is 0 Å². The molecule has 0 heterocycles. The summed E-state index contributed by atoms with van der Waals surface area (Å²) >= 11 is 9.25. The monoisotopic (exact) mass is 442 g/mol. The van der Waals surface area contributed by atoms with E-state index in [1.807, 2.05) is 0 Å². The van der Waals surface area contributed by atoms with Gasteiger partial charge < -0.3 is 14.8 Å². The van der Waals surface area contributed by atoms with Crippen LogP contribution in [0.1, 0.15) is 10.4 Å². The third-order valence-electron chi connectivity index (χ3n) is 3.14. The molecule has 1 N–H and O–H groups in total. The first-order valence-corrected chi connectivity index (χ1v) is 8.23. The predicted octanol–water partition coefficient (Wildman–Crippen LogP) is 3.81. The van der Waals surface area contributed by atoms with Gasteiger partial charge in [0.1, 0.15) is 0 Å². The molecule has 0 unspecified atom stereocenters. The Hall–Kier alpha value is -2.65. The molecule has 2 aromatic carbocycles. The molecule has 2 rings (SSSR count). The van der Waals surface area contributed by atoms with Gasteiger partial charge in [0, 0.05) is 10.5 Å². The molecular formula is C16H12BrClN2O6. The van der Waals surface area contributed by atoms with Crippen molar-refractivity contribution in [1.82, 2.24) is 0 Å². The molecule has 0 spiro atoms. The van der Waals surface area contributed by atoms with Crippen molar-refractivity contribution < 1.29 is 24.0 Å². The fourth-order valence-electron chi connectivity index (χ4n) is 1.95. The highest BCUT2D eigenvalue weighted by atomic mass is 79.9. The second-order valence-corrected chi connectivity index (χ2v) is 6.22. The van der Waals surface area contributed by atoms with Crippen LogP contribution in [0.2, 0.25) is 5.02 Å². The molecule has 0 saturated heterocycles. The van der Waals surface area contributed by atoms with Crippen molar-refractivity contribution in [2.75, 3.05) is 19.0 Å². The van der Waals surface area contributed by atoms with Gasteiger partial charge in [0.2, 0.25) is 0 Å². The SMILES string of the molecule is COC(=O)c1ccc(OCC(=O)Nc2ccc(Br)cc2Cl)c([N+](=O)[O-])c1. The molecule has 8 nitrogen and oxygen atoms in total. The van der Waals surface area contributed by atoms with E-state index in [2.05, 4.69) is 26.0 Å². The van der Waals surface area contributed by atoms with Crippen LogP contribution < -0.4 is 10.1 Å². The molecule has 0 radical (unpaired) electrons. The van der Waals surface area contributed by atoms with Gasteiger partial charge in [-0.25, -0.2) is 4.79 Å². The van der Waals surface area contributed by atoms with Crippen LogP contribution in [0.4, 0.5) is 11.4 Å². The van der Waals surface area contributed by atoms with Crippen LogP contribution in [0.15, 0.2) is 40.9 Å². The lowest BCUT2D eigenvalue weighted by Crippen LogP contribution is -2.20. The van der Waals surface area contributed by atoms with E-state index in [-0.39, 0.29) is 11.3 Å². The number of anilines is 1. The van der Waals surface area contributed by atoms with Gasteiger partial charge in [0.05, 0.1) is 28.3 Å². The van der Waals surface area contributed by atoms with Gasteiger partial charge >= 0.3 is 11.7 Å². The molecule has 0 aliphatic carbocycles. The van der Waals surface area contributed by atoms with E-state index < -0.39 is 29.1 Å². The van der Waals surface area contributed by atoms with E-state index in [1.165, 1.54) is 12.1 Å². The summed E-state index contributed by atoms with van der Waals surface area (Å²) in [5.41, 5.74) is -0.0842. The number of nitro benzene ring substituents is 1. The lowest BCUT2D eigenvalue weighted by Gasteiger charge is -2.10. The number of nitrogens with zero attached hydrogens (tertiary/aromatic N) is 1. The average molecular weight is 444 g/mol. The number of rotatable bonds is 6. The molecular weight excluding hydrogens is 432 g/mol. The van der Waals surface area contributed by atoms with Crippen molar-refractivity contribution in [1.29, 1.82) is 0 Å². The fraction of sp³-hybridized carbons (Fsp3) is 0.125. The van der Waals surface area contributed by atoms with Crippen molar-refractivity contribution in [2.45, 2.75) is 0 Å². The third kappa shape index (κ3) is 4.93. The zero-order valence-electron chi connectivity index (χ0n) is 13.3. The number of halogens is 2. The smallest absolute Gasteiger partial charge is 0.338 e. The first-order valence-electron chi connectivity index (χ1n) is 7.06. The molecule has 2 aromatic rings. The van der Waals surface area contributed by atoms with Crippen molar-refractivity contribution >= 4 is 50.8 Å². The molecule has 0 aliphatic rings. The highest BCUT2D eigenvalue weighted by Gasteiger charge is 2.20. The maximum absolute atomic E-state index is 12.0. The minimum atomic E-state index is -0.720. The number of hydrogen-bond donors (Lipinski definition) is 1. The van der Waals surface area contributed by atoms with Crippen molar-refractivity contribution in [3.63, 3.8) is 0 Å². The van der Waals surface area contributed by atoms with Gasteiger partial charge in [-0.3, -0.25) is 14.9 Å². The molecule has 0 bridgehead atoms. The Bertz CT molecular complexity index is 874. The minimum absolute atomic E-state index is 0.00218. The standard InChI is InChI=1S/C16H12BrClN2O6/c1-25-16(22)9-2-5-14(13(6-9)20(23)24)26-8-15(21)19-12-4-3-10(17)7-11(12)18/h2-7H,8H2,1H3,(H,19,21). The Labute approximate surface area is 161 Å². The lowest BCUT2D eigenvalue weighted by atomic mass is 10.2. The summed E-state index contributed by atoms with van der Waals surface area (Å²) in [7, 11) is 1.16. The number of hydrogen-bond acceptors (Lipinski definition) is 6.